The summed E-state index contributed by atoms with van der Waals surface area (Å²) >= 11 is 6.11. The highest BCUT2D eigenvalue weighted by Gasteiger charge is 2.48. The molecule has 31 heavy (non-hydrogen) atoms. The van der Waals surface area contributed by atoms with E-state index in [0.717, 1.165) is 11.1 Å². The molecule has 0 saturated heterocycles. The van der Waals surface area contributed by atoms with Gasteiger partial charge in [0.15, 0.2) is 5.75 Å². The minimum atomic E-state index is -1.16. The van der Waals surface area contributed by atoms with Crippen molar-refractivity contribution in [3.63, 3.8) is 0 Å². The van der Waals surface area contributed by atoms with Crippen LogP contribution in [0, 0.1) is 11.9 Å². The lowest BCUT2D eigenvalue weighted by molar-refractivity contribution is 0.385. The van der Waals surface area contributed by atoms with Crippen molar-refractivity contribution >= 4 is 17.8 Å². The Morgan fingerprint density at radius 2 is 1.84 bits per heavy atom. The molecule has 8 heteroatoms. The molecule has 5 heterocycles. The van der Waals surface area contributed by atoms with E-state index in [-0.39, 0.29) is 10.9 Å². The van der Waals surface area contributed by atoms with Crippen molar-refractivity contribution in [1.82, 2.24) is 15.0 Å². The third-order valence-electron chi connectivity index (χ3n) is 5.58. The van der Waals surface area contributed by atoms with Crippen LogP contribution >= 0.6 is 11.6 Å². The fourth-order valence-electron chi connectivity index (χ4n) is 4.25. The van der Waals surface area contributed by atoms with Gasteiger partial charge in [0, 0.05) is 52.6 Å². The van der Waals surface area contributed by atoms with Gasteiger partial charge in [0.2, 0.25) is 5.95 Å². The lowest BCUT2D eigenvalue weighted by atomic mass is 9.76. The molecule has 1 spiro atoms. The largest absolute Gasteiger partial charge is 0.452 e. The number of fused-ring (bicyclic) bond motifs is 6. The number of aliphatic imine (C=N–C) groups is 1. The van der Waals surface area contributed by atoms with Crippen molar-refractivity contribution in [1.29, 1.82) is 0 Å². The molecule has 0 saturated carbocycles. The number of ether oxygens (including phenoxy) is 1. The molecule has 5 nitrogen and oxygen atoms in total. The second-order valence-electron chi connectivity index (χ2n) is 7.20. The first-order valence-corrected chi connectivity index (χ1v) is 9.75. The number of halogens is 3. The minimum Gasteiger partial charge on any atom is -0.452 e. The number of hydrogen-bond acceptors (Lipinski definition) is 5. The zero-order valence-electron chi connectivity index (χ0n) is 15.7. The van der Waals surface area contributed by atoms with Gasteiger partial charge in [0.05, 0.1) is 0 Å². The van der Waals surface area contributed by atoms with Gasteiger partial charge >= 0.3 is 0 Å². The number of aromatic nitrogens is 3. The van der Waals surface area contributed by atoms with Crippen LogP contribution < -0.4 is 4.74 Å². The maximum absolute atomic E-state index is 14.8. The summed E-state index contributed by atoms with van der Waals surface area (Å²) in [6, 6.07) is 11.8. The van der Waals surface area contributed by atoms with Crippen molar-refractivity contribution in [2.24, 2.45) is 4.99 Å². The van der Waals surface area contributed by atoms with E-state index < -0.39 is 17.4 Å². The van der Waals surface area contributed by atoms with E-state index >= 15 is 0 Å². The summed E-state index contributed by atoms with van der Waals surface area (Å²) in [5, 5.41) is -0.0235. The highest BCUT2D eigenvalue weighted by atomic mass is 35.5. The molecule has 2 aliphatic heterocycles. The van der Waals surface area contributed by atoms with Crippen LogP contribution in [-0.2, 0) is 5.54 Å². The molecule has 3 aromatic heterocycles. The summed E-state index contributed by atoms with van der Waals surface area (Å²) in [7, 11) is 0. The maximum Gasteiger partial charge on any atom is 0.257 e. The minimum absolute atomic E-state index is 0.0235. The monoisotopic (exact) mass is 432 g/mol. The highest BCUT2D eigenvalue weighted by molar-refractivity contribution is 6.29. The summed E-state index contributed by atoms with van der Waals surface area (Å²) in [6.07, 6.45) is 6.44. The third kappa shape index (κ3) is 2.47. The van der Waals surface area contributed by atoms with Gasteiger partial charge in [-0.05, 0) is 42.0 Å². The predicted molar refractivity (Wildman–Crippen MR) is 111 cm³/mol. The fraction of sp³-hybridized carbons (Fsp3) is 0.0435. The maximum atomic E-state index is 14.8. The van der Waals surface area contributed by atoms with Gasteiger partial charge in [0.25, 0.3) is 5.95 Å². The van der Waals surface area contributed by atoms with Crippen LogP contribution in [0.4, 0.5) is 8.78 Å². The molecule has 0 unspecified atom stereocenters. The first-order valence-electron chi connectivity index (χ1n) is 9.37. The van der Waals surface area contributed by atoms with E-state index in [1.807, 2.05) is 6.07 Å². The van der Waals surface area contributed by atoms with Crippen molar-refractivity contribution in [2.75, 3.05) is 0 Å². The van der Waals surface area contributed by atoms with Crippen LogP contribution in [0.2, 0.25) is 5.15 Å². The van der Waals surface area contributed by atoms with E-state index in [1.54, 1.807) is 55.0 Å². The van der Waals surface area contributed by atoms with Gasteiger partial charge in [-0.2, -0.15) is 8.78 Å². The van der Waals surface area contributed by atoms with Crippen LogP contribution in [0.25, 0.3) is 11.1 Å². The molecule has 1 aromatic carbocycles. The molecule has 6 rings (SSSR count). The normalized spacial score (nSPS) is 17.8. The number of pyridine rings is 3. The summed E-state index contributed by atoms with van der Waals surface area (Å²) in [5.41, 5.74) is 2.36. The van der Waals surface area contributed by atoms with Gasteiger partial charge in [-0.1, -0.05) is 17.7 Å². The van der Waals surface area contributed by atoms with Gasteiger partial charge in [0.1, 0.15) is 16.4 Å². The van der Waals surface area contributed by atoms with Gasteiger partial charge < -0.3 is 4.74 Å². The van der Waals surface area contributed by atoms with Crippen LogP contribution in [0.5, 0.6) is 11.5 Å². The number of nitrogens with zero attached hydrogens (tertiary/aromatic N) is 4. The van der Waals surface area contributed by atoms with Crippen LogP contribution in [-0.4, -0.2) is 21.2 Å². The number of hydrogen-bond donors (Lipinski definition) is 0. The second-order valence-corrected chi connectivity index (χ2v) is 7.59. The van der Waals surface area contributed by atoms with Crippen molar-refractivity contribution in [2.45, 2.75) is 5.54 Å². The molecule has 0 N–H and O–H groups in total. The Hall–Kier alpha value is -3.71. The SMILES string of the molecule is Fc1ncccc1-c1ccc2c(c1)[C@@]1(N=Cc3ccncc31)c1cc(Cl)nc(F)c1O2. The van der Waals surface area contributed by atoms with Crippen LogP contribution in [0.15, 0.2) is 66.0 Å². The topological polar surface area (TPSA) is 60.3 Å². The number of benzene rings is 1. The first-order chi connectivity index (χ1) is 15.1. The van der Waals surface area contributed by atoms with E-state index in [9.17, 15) is 8.78 Å². The summed E-state index contributed by atoms with van der Waals surface area (Å²) in [4.78, 5) is 16.5. The average molecular weight is 433 g/mol. The zero-order valence-corrected chi connectivity index (χ0v) is 16.4. The number of rotatable bonds is 1. The molecule has 0 aliphatic carbocycles. The molecule has 0 radical (unpaired) electrons. The summed E-state index contributed by atoms with van der Waals surface area (Å²) in [5.74, 6) is -1.09. The first kappa shape index (κ1) is 18.1. The van der Waals surface area contributed by atoms with E-state index in [1.165, 1.54) is 6.20 Å². The van der Waals surface area contributed by atoms with E-state index in [0.29, 0.717) is 28.0 Å². The van der Waals surface area contributed by atoms with E-state index in [2.05, 4.69) is 15.0 Å². The summed E-state index contributed by atoms with van der Waals surface area (Å²) in [6.45, 7) is 0. The van der Waals surface area contributed by atoms with Gasteiger partial charge in [-0.3, -0.25) is 9.98 Å². The quantitative estimate of drug-likeness (QED) is 0.383. The van der Waals surface area contributed by atoms with Crippen molar-refractivity contribution in [3.05, 3.63) is 100 Å². The Morgan fingerprint density at radius 1 is 0.935 bits per heavy atom. The molecule has 0 amide bonds. The Bertz CT molecular complexity index is 1420. The smallest absolute Gasteiger partial charge is 0.257 e. The van der Waals surface area contributed by atoms with Gasteiger partial charge in [-0.15, -0.1) is 0 Å². The Morgan fingerprint density at radius 3 is 2.71 bits per heavy atom. The molecule has 0 fully saturated rings. The molecule has 150 valence electrons. The summed E-state index contributed by atoms with van der Waals surface area (Å²) < 4.78 is 35.1. The highest BCUT2D eigenvalue weighted by Crippen LogP contribution is 2.56. The third-order valence-corrected chi connectivity index (χ3v) is 5.78. The molecular weight excluding hydrogens is 422 g/mol. The molecule has 2 aliphatic rings. The second kappa shape index (κ2) is 6.39. The lowest BCUT2D eigenvalue weighted by Gasteiger charge is -2.36. The molecule has 1 atom stereocenters. The van der Waals surface area contributed by atoms with Crippen molar-refractivity contribution < 1.29 is 13.5 Å². The Kier molecular flexibility index (Phi) is 3.73. The predicted octanol–water partition coefficient (Wildman–Crippen LogP) is 5.30. The molecule has 0 bridgehead atoms. The zero-order chi connectivity index (χ0) is 21.2. The molecular formula is C23H11ClF2N4O. The van der Waals surface area contributed by atoms with Gasteiger partial charge in [-0.25, -0.2) is 9.97 Å². The Labute approximate surface area is 180 Å². The fourth-order valence-corrected chi connectivity index (χ4v) is 4.43. The standard InChI is InChI=1S/C23H11ClF2N4O/c24-19-9-16-20(22(26)30-19)31-18-4-3-12(14-2-1-6-28-21(14)25)8-15(18)23(16)17-11-27-7-5-13(17)10-29-23/h1-11H/t23-/m1/s1. The average Bonchev–Trinajstić information content (AvgIpc) is 3.15. The Balaban J connectivity index is 1.70. The van der Waals surface area contributed by atoms with Crippen LogP contribution in [0.1, 0.15) is 22.3 Å². The van der Waals surface area contributed by atoms with Crippen molar-refractivity contribution in [3.8, 4) is 22.6 Å². The van der Waals surface area contributed by atoms with E-state index in [4.69, 9.17) is 21.3 Å². The molecule has 4 aromatic rings. The van der Waals surface area contributed by atoms with Crippen LogP contribution in [0.3, 0.4) is 0 Å². The lowest BCUT2D eigenvalue weighted by Crippen LogP contribution is -2.30.